The van der Waals surface area contributed by atoms with Crippen LogP contribution in [0.2, 0.25) is 0 Å². The fraction of sp³-hybridized carbons (Fsp3) is 0.200. The Morgan fingerprint density at radius 2 is 1.96 bits per heavy atom. The quantitative estimate of drug-likeness (QED) is 0.327. The topological polar surface area (TPSA) is 165 Å². The Morgan fingerprint density at radius 1 is 1.18 bits per heavy atom. The molecule has 2 heterocycles. The van der Waals surface area contributed by atoms with E-state index >= 15 is 0 Å². The Labute approximate surface area is 162 Å². The van der Waals surface area contributed by atoms with Gasteiger partial charge in [0.05, 0.1) is 40.1 Å². The summed E-state index contributed by atoms with van der Waals surface area (Å²) in [6.07, 6.45) is 2.71. The molecule has 3 rings (SSSR count). The first-order valence-electron chi connectivity index (χ1n) is 7.98. The summed E-state index contributed by atoms with van der Waals surface area (Å²) in [5.74, 6) is -0.917. The third-order valence-electron chi connectivity index (χ3n) is 3.64. The zero-order valence-corrected chi connectivity index (χ0v) is 17.0. The van der Waals surface area contributed by atoms with Gasteiger partial charge in [0, 0.05) is 11.9 Å². The smallest absolute Gasteiger partial charge is 0.335 e. The molecule has 1 aromatic carbocycles. The number of imidazole rings is 1. The highest BCUT2D eigenvalue weighted by Gasteiger charge is 2.29. The van der Waals surface area contributed by atoms with Gasteiger partial charge in [-0.2, -0.15) is 0 Å². The molecule has 0 aliphatic heterocycles. The number of hydrogen-bond acceptors (Lipinski definition) is 6. The molecule has 150 valence electrons. The predicted octanol–water partition coefficient (Wildman–Crippen LogP) is 2.04. The average molecular weight is 444 g/mol. The largest absolute Gasteiger partial charge is 0.376 e. The van der Waals surface area contributed by atoms with Crippen LogP contribution in [0, 0.1) is 0 Å². The fourth-order valence-electron chi connectivity index (χ4n) is 2.48. The second-order valence-corrected chi connectivity index (χ2v) is 11.9. The molecule has 28 heavy (non-hydrogen) atoms. The van der Waals surface area contributed by atoms with E-state index in [4.69, 9.17) is 9.79 Å². The van der Waals surface area contributed by atoms with E-state index in [0.29, 0.717) is 27.4 Å². The summed E-state index contributed by atoms with van der Waals surface area (Å²) in [5, 5.41) is 3.02. The Balaban J connectivity index is 1.66. The molecule has 0 aliphatic carbocycles. The average Bonchev–Trinajstić information content (AvgIpc) is 3.03. The lowest BCUT2D eigenvalue weighted by atomic mass is 10.2. The molecule has 0 saturated heterocycles. The van der Waals surface area contributed by atoms with Gasteiger partial charge in [-0.25, -0.2) is 4.98 Å². The Morgan fingerprint density at radius 3 is 2.68 bits per heavy atom. The molecule has 2 unspecified atom stereocenters. The van der Waals surface area contributed by atoms with Crippen molar-refractivity contribution in [2.45, 2.75) is 10.9 Å². The van der Waals surface area contributed by atoms with Crippen LogP contribution >= 0.6 is 15.0 Å². The Bertz CT molecular complexity index is 1080. The maximum absolute atomic E-state index is 12.6. The van der Waals surface area contributed by atoms with Crippen LogP contribution in [0.5, 0.6) is 0 Å². The summed E-state index contributed by atoms with van der Waals surface area (Å²) in [6.45, 7) is 0. The summed E-state index contributed by atoms with van der Waals surface area (Å²) >= 11 is 0. The van der Waals surface area contributed by atoms with Gasteiger partial charge < -0.3 is 25.0 Å². The van der Waals surface area contributed by atoms with Gasteiger partial charge in [-0.05, 0) is 23.8 Å². The number of hydrogen-bond donors (Lipinski definition) is 5. The SMILES string of the molecule is O=S(Cc1cccc(NCP(=O)(O)CP(=O)(O)O)c1)c1nc2ccncc2[nH]1. The first kappa shape index (κ1) is 20.9. The van der Waals surface area contributed by atoms with Gasteiger partial charge in [0.1, 0.15) is 5.90 Å². The number of aromatic nitrogens is 3. The normalized spacial score (nSPS) is 15.2. The molecule has 0 saturated carbocycles. The molecular weight excluding hydrogens is 426 g/mol. The molecule has 0 amide bonds. The van der Waals surface area contributed by atoms with E-state index in [2.05, 4.69) is 20.3 Å². The maximum Gasteiger partial charge on any atom is 0.335 e. The van der Waals surface area contributed by atoms with Gasteiger partial charge in [-0.1, -0.05) is 12.1 Å². The summed E-state index contributed by atoms with van der Waals surface area (Å²) in [6, 6.07) is 8.43. The molecule has 5 N–H and O–H groups in total. The lowest BCUT2D eigenvalue weighted by Crippen LogP contribution is -2.06. The van der Waals surface area contributed by atoms with Crippen LogP contribution in [0.15, 0.2) is 47.9 Å². The molecule has 0 spiro atoms. The molecule has 2 aromatic heterocycles. The van der Waals surface area contributed by atoms with E-state index in [1.54, 1.807) is 42.7 Å². The minimum atomic E-state index is -4.59. The maximum atomic E-state index is 12.6. The monoisotopic (exact) mass is 444 g/mol. The summed E-state index contributed by atoms with van der Waals surface area (Å²) in [4.78, 5) is 38.6. The lowest BCUT2D eigenvalue weighted by molar-refractivity contribution is 0.376. The van der Waals surface area contributed by atoms with Crippen molar-refractivity contribution in [1.82, 2.24) is 15.0 Å². The zero-order valence-electron chi connectivity index (χ0n) is 14.4. The van der Waals surface area contributed by atoms with Crippen molar-refractivity contribution in [3.05, 3.63) is 48.3 Å². The third-order valence-corrected chi connectivity index (χ3v) is 8.75. The van der Waals surface area contributed by atoms with Gasteiger partial charge in [0.2, 0.25) is 7.37 Å². The van der Waals surface area contributed by atoms with E-state index in [0.717, 1.165) is 0 Å². The standard InChI is InChI=1S/C15H18N4O6P2S/c20-26(21,10-27(22,23)24)9-17-12-3-1-2-11(6-12)8-28(25)15-18-13-4-5-16-7-14(13)19-15/h1-7,17H,8-10H2,(H,18,19)(H,20,21)(H2,22,23,24). The van der Waals surface area contributed by atoms with Crippen molar-refractivity contribution in [2.75, 3.05) is 17.5 Å². The van der Waals surface area contributed by atoms with E-state index in [9.17, 15) is 18.2 Å². The summed E-state index contributed by atoms with van der Waals surface area (Å²) in [7, 11) is -10.1. The number of aromatic amines is 1. The molecule has 0 radical (unpaired) electrons. The predicted molar refractivity (Wildman–Crippen MR) is 106 cm³/mol. The Hall–Kier alpha value is -1.87. The van der Waals surface area contributed by atoms with Gasteiger partial charge in [-0.15, -0.1) is 0 Å². The number of nitrogens with one attached hydrogen (secondary N) is 2. The van der Waals surface area contributed by atoms with Crippen molar-refractivity contribution in [1.29, 1.82) is 0 Å². The highest BCUT2D eigenvalue weighted by Crippen LogP contribution is 2.54. The molecule has 3 aromatic rings. The number of anilines is 1. The van der Waals surface area contributed by atoms with E-state index in [1.807, 2.05) is 0 Å². The van der Waals surface area contributed by atoms with E-state index in [1.165, 1.54) is 0 Å². The van der Waals surface area contributed by atoms with Gasteiger partial charge in [0.15, 0.2) is 5.16 Å². The molecule has 2 atom stereocenters. The number of nitrogens with zero attached hydrogens (tertiary/aromatic N) is 2. The number of fused-ring (bicyclic) bond motifs is 1. The lowest BCUT2D eigenvalue weighted by Gasteiger charge is -2.14. The molecule has 10 nitrogen and oxygen atoms in total. The van der Waals surface area contributed by atoms with E-state index in [-0.39, 0.29) is 5.75 Å². The Kier molecular flexibility index (Phi) is 6.14. The fourth-order valence-corrected chi connectivity index (χ4v) is 6.66. The van der Waals surface area contributed by atoms with Crippen LogP contribution in [-0.4, -0.2) is 46.0 Å². The van der Waals surface area contributed by atoms with Crippen LogP contribution < -0.4 is 5.32 Å². The molecule has 0 aliphatic rings. The summed E-state index contributed by atoms with van der Waals surface area (Å²) in [5.41, 5.74) is 2.52. The van der Waals surface area contributed by atoms with Crippen LogP contribution in [0.3, 0.4) is 0 Å². The first-order valence-corrected chi connectivity index (χ1v) is 13.1. The highest BCUT2D eigenvalue weighted by molar-refractivity contribution is 7.84. The van der Waals surface area contributed by atoms with Gasteiger partial charge >= 0.3 is 7.60 Å². The molecular formula is C15H18N4O6P2S. The second kappa shape index (κ2) is 8.24. The molecule has 0 fully saturated rings. The van der Waals surface area contributed by atoms with Crippen LogP contribution in [-0.2, 0) is 25.7 Å². The van der Waals surface area contributed by atoms with Crippen molar-refractivity contribution >= 4 is 42.5 Å². The van der Waals surface area contributed by atoms with Crippen molar-refractivity contribution in [3.63, 3.8) is 0 Å². The third kappa shape index (κ3) is 5.81. The first-order chi connectivity index (χ1) is 13.1. The zero-order chi connectivity index (χ0) is 20.4. The van der Waals surface area contributed by atoms with Crippen molar-refractivity contribution in [2.24, 2.45) is 0 Å². The highest BCUT2D eigenvalue weighted by atomic mass is 32.2. The van der Waals surface area contributed by atoms with Gasteiger partial charge in [-0.3, -0.25) is 18.3 Å². The van der Waals surface area contributed by atoms with Crippen molar-refractivity contribution < 1.29 is 28.0 Å². The second-order valence-electron chi connectivity index (χ2n) is 6.11. The number of benzene rings is 1. The minimum Gasteiger partial charge on any atom is -0.376 e. The number of rotatable bonds is 8. The molecule has 0 bridgehead atoms. The number of pyridine rings is 1. The van der Waals surface area contributed by atoms with Crippen LogP contribution in [0.4, 0.5) is 5.69 Å². The minimum absolute atomic E-state index is 0.169. The van der Waals surface area contributed by atoms with Gasteiger partial charge in [0.25, 0.3) is 0 Å². The summed E-state index contributed by atoms with van der Waals surface area (Å²) < 4.78 is 35.4. The van der Waals surface area contributed by atoms with E-state index < -0.39 is 38.0 Å². The van der Waals surface area contributed by atoms with Crippen LogP contribution in [0.1, 0.15) is 5.56 Å². The number of H-pyrrole nitrogens is 1. The van der Waals surface area contributed by atoms with Crippen LogP contribution in [0.25, 0.3) is 11.0 Å². The molecule has 13 heteroatoms. The van der Waals surface area contributed by atoms with Crippen molar-refractivity contribution in [3.8, 4) is 0 Å².